The summed E-state index contributed by atoms with van der Waals surface area (Å²) in [6.45, 7) is 12.4. The fourth-order valence-electron chi connectivity index (χ4n) is 2.64. The SMILES string of the molecule is CCNC(=NCc1ncc(C(C)(C)C)o1)NCCc1cc(C)ccc1OC. The highest BCUT2D eigenvalue weighted by Gasteiger charge is 2.19. The smallest absolute Gasteiger partial charge is 0.216 e. The average molecular weight is 373 g/mol. The van der Waals surface area contributed by atoms with E-state index in [-0.39, 0.29) is 5.41 Å². The number of nitrogens with one attached hydrogen (secondary N) is 2. The zero-order valence-electron chi connectivity index (χ0n) is 17.3. The third kappa shape index (κ3) is 6.31. The minimum Gasteiger partial charge on any atom is -0.496 e. The third-order valence-corrected chi connectivity index (χ3v) is 4.13. The van der Waals surface area contributed by atoms with Crippen molar-refractivity contribution >= 4 is 5.96 Å². The fraction of sp³-hybridized carbons (Fsp3) is 0.524. The number of aromatic nitrogens is 1. The van der Waals surface area contributed by atoms with Gasteiger partial charge in [0.2, 0.25) is 5.89 Å². The lowest BCUT2D eigenvalue weighted by Gasteiger charge is -2.13. The van der Waals surface area contributed by atoms with E-state index in [1.165, 1.54) is 11.1 Å². The normalized spacial score (nSPS) is 12.1. The van der Waals surface area contributed by atoms with Crippen LogP contribution in [0.5, 0.6) is 5.75 Å². The predicted molar refractivity (Wildman–Crippen MR) is 109 cm³/mol. The summed E-state index contributed by atoms with van der Waals surface area (Å²) in [5.74, 6) is 3.16. The Balaban J connectivity index is 1.96. The molecule has 0 aliphatic heterocycles. The molecule has 0 spiro atoms. The Hall–Kier alpha value is -2.50. The number of aryl methyl sites for hydroxylation is 1. The molecule has 0 bridgehead atoms. The van der Waals surface area contributed by atoms with E-state index in [0.29, 0.717) is 12.4 Å². The van der Waals surface area contributed by atoms with Crippen LogP contribution in [0.2, 0.25) is 0 Å². The van der Waals surface area contributed by atoms with Gasteiger partial charge in [-0.15, -0.1) is 0 Å². The van der Waals surface area contributed by atoms with Gasteiger partial charge in [-0.3, -0.25) is 0 Å². The molecule has 1 aromatic heterocycles. The number of methoxy groups -OCH3 is 1. The molecule has 0 fully saturated rings. The molecule has 6 heteroatoms. The second kappa shape index (κ2) is 9.44. The van der Waals surface area contributed by atoms with Crippen LogP contribution in [0.4, 0.5) is 0 Å². The molecular weight excluding hydrogens is 340 g/mol. The highest BCUT2D eigenvalue weighted by atomic mass is 16.5. The first-order chi connectivity index (χ1) is 12.8. The number of aliphatic imine (C=N–C) groups is 1. The number of ether oxygens (including phenoxy) is 1. The number of oxazole rings is 1. The third-order valence-electron chi connectivity index (χ3n) is 4.13. The molecule has 2 N–H and O–H groups in total. The molecule has 27 heavy (non-hydrogen) atoms. The van der Waals surface area contributed by atoms with E-state index in [1.54, 1.807) is 13.3 Å². The Morgan fingerprint density at radius 2 is 2.04 bits per heavy atom. The quantitative estimate of drug-likeness (QED) is 0.574. The predicted octanol–water partition coefficient (Wildman–Crippen LogP) is 3.59. The van der Waals surface area contributed by atoms with Crippen LogP contribution in [0.15, 0.2) is 33.8 Å². The number of nitrogens with zero attached hydrogens (tertiary/aromatic N) is 2. The van der Waals surface area contributed by atoms with Crippen LogP contribution in [0.3, 0.4) is 0 Å². The van der Waals surface area contributed by atoms with Crippen molar-refractivity contribution in [3.63, 3.8) is 0 Å². The van der Waals surface area contributed by atoms with Gasteiger partial charge in [0, 0.05) is 18.5 Å². The van der Waals surface area contributed by atoms with Crippen LogP contribution in [-0.4, -0.2) is 31.1 Å². The summed E-state index contributed by atoms with van der Waals surface area (Å²) >= 11 is 0. The first-order valence-electron chi connectivity index (χ1n) is 9.44. The summed E-state index contributed by atoms with van der Waals surface area (Å²) < 4.78 is 11.2. The van der Waals surface area contributed by atoms with Crippen molar-refractivity contribution in [2.45, 2.75) is 53.0 Å². The van der Waals surface area contributed by atoms with Crippen molar-refractivity contribution in [3.8, 4) is 5.75 Å². The maximum absolute atomic E-state index is 5.80. The number of benzene rings is 1. The summed E-state index contributed by atoms with van der Waals surface area (Å²) in [5, 5.41) is 6.62. The Morgan fingerprint density at radius 1 is 1.26 bits per heavy atom. The summed E-state index contributed by atoms with van der Waals surface area (Å²) in [5.41, 5.74) is 2.36. The molecule has 0 unspecified atom stereocenters. The van der Waals surface area contributed by atoms with Crippen molar-refractivity contribution in [2.75, 3.05) is 20.2 Å². The largest absolute Gasteiger partial charge is 0.496 e. The van der Waals surface area contributed by atoms with Crippen molar-refractivity contribution in [2.24, 2.45) is 4.99 Å². The van der Waals surface area contributed by atoms with Crippen molar-refractivity contribution in [1.82, 2.24) is 15.6 Å². The molecular formula is C21H32N4O2. The van der Waals surface area contributed by atoms with Crippen LogP contribution >= 0.6 is 0 Å². The van der Waals surface area contributed by atoms with E-state index < -0.39 is 0 Å². The number of guanidine groups is 1. The second-order valence-corrected chi connectivity index (χ2v) is 7.56. The van der Waals surface area contributed by atoms with Crippen LogP contribution < -0.4 is 15.4 Å². The highest BCUT2D eigenvalue weighted by molar-refractivity contribution is 5.79. The van der Waals surface area contributed by atoms with E-state index >= 15 is 0 Å². The second-order valence-electron chi connectivity index (χ2n) is 7.56. The van der Waals surface area contributed by atoms with Crippen molar-refractivity contribution in [1.29, 1.82) is 0 Å². The van der Waals surface area contributed by atoms with Gasteiger partial charge >= 0.3 is 0 Å². The highest BCUT2D eigenvalue weighted by Crippen LogP contribution is 2.23. The first kappa shape index (κ1) is 20.8. The van der Waals surface area contributed by atoms with E-state index in [2.05, 4.69) is 60.4 Å². The lowest BCUT2D eigenvalue weighted by Crippen LogP contribution is -2.38. The van der Waals surface area contributed by atoms with Crippen LogP contribution in [0, 0.1) is 6.92 Å². The summed E-state index contributed by atoms with van der Waals surface area (Å²) in [6, 6.07) is 6.23. The molecule has 0 saturated heterocycles. The molecule has 1 aromatic carbocycles. The number of hydrogen-bond donors (Lipinski definition) is 2. The van der Waals surface area contributed by atoms with Crippen molar-refractivity contribution in [3.05, 3.63) is 47.2 Å². The van der Waals surface area contributed by atoms with E-state index in [0.717, 1.165) is 37.0 Å². The maximum atomic E-state index is 5.80. The molecule has 0 aliphatic carbocycles. The molecule has 2 aromatic rings. The van der Waals surface area contributed by atoms with E-state index in [4.69, 9.17) is 9.15 Å². The van der Waals surface area contributed by atoms with Gasteiger partial charge in [-0.1, -0.05) is 38.5 Å². The monoisotopic (exact) mass is 372 g/mol. The Morgan fingerprint density at radius 3 is 2.67 bits per heavy atom. The molecule has 1 heterocycles. The summed E-state index contributed by atoms with van der Waals surface area (Å²) in [6.07, 6.45) is 2.64. The molecule has 6 nitrogen and oxygen atoms in total. The Labute approximate surface area is 162 Å². The van der Waals surface area contributed by atoms with Gasteiger partial charge in [-0.05, 0) is 31.9 Å². The van der Waals surface area contributed by atoms with Gasteiger partial charge in [0.05, 0.1) is 13.3 Å². The molecule has 0 aliphatic rings. The van der Waals surface area contributed by atoms with Gasteiger partial charge in [0.15, 0.2) is 5.96 Å². The van der Waals surface area contributed by atoms with Crippen LogP contribution in [0.25, 0.3) is 0 Å². The van der Waals surface area contributed by atoms with Gasteiger partial charge < -0.3 is 19.8 Å². The fourth-order valence-corrected chi connectivity index (χ4v) is 2.64. The summed E-state index contributed by atoms with van der Waals surface area (Å²) in [4.78, 5) is 8.91. The van der Waals surface area contributed by atoms with Gasteiger partial charge in [0.1, 0.15) is 18.1 Å². The van der Waals surface area contributed by atoms with Crippen LogP contribution in [-0.2, 0) is 18.4 Å². The molecule has 0 saturated carbocycles. The molecule has 0 atom stereocenters. The standard InChI is InChI=1S/C21H32N4O2/c1-7-22-20(25-14-19-24-13-18(27-19)21(3,4)5)23-11-10-16-12-15(2)8-9-17(16)26-6/h8-9,12-13H,7,10-11,14H2,1-6H3,(H2,22,23,25). The van der Waals surface area contributed by atoms with Gasteiger partial charge in [-0.2, -0.15) is 0 Å². The van der Waals surface area contributed by atoms with E-state index in [1.807, 2.05) is 13.0 Å². The lowest BCUT2D eigenvalue weighted by molar-refractivity contribution is 0.383. The van der Waals surface area contributed by atoms with E-state index in [9.17, 15) is 0 Å². The first-order valence-corrected chi connectivity index (χ1v) is 9.44. The maximum Gasteiger partial charge on any atom is 0.216 e. The Bertz CT molecular complexity index is 760. The number of rotatable bonds is 7. The zero-order valence-corrected chi connectivity index (χ0v) is 17.3. The van der Waals surface area contributed by atoms with Crippen LogP contribution in [0.1, 0.15) is 50.5 Å². The Kier molecular flexibility index (Phi) is 7.28. The van der Waals surface area contributed by atoms with Gasteiger partial charge in [0.25, 0.3) is 0 Å². The molecule has 148 valence electrons. The average Bonchev–Trinajstić information content (AvgIpc) is 3.09. The summed E-state index contributed by atoms with van der Waals surface area (Å²) in [7, 11) is 1.70. The zero-order chi connectivity index (χ0) is 19.9. The van der Waals surface area contributed by atoms with Crippen molar-refractivity contribution < 1.29 is 9.15 Å². The van der Waals surface area contributed by atoms with Gasteiger partial charge in [-0.25, -0.2) is 9.98 Å². The molecule has 0 amide bonds. The minimum absolute atomic E-state index is 0.0510. The lowest BCUT2D eigenvalue weighted by atomic mass is 9.94. The molecule has 0 radical (unpaired) electrons. The topological polar surface area (TPSA) is 71.7 Å². The molecule has 2 rings (SSSR count). The minimum atomic E-state index is -0.0510. The number of hydrogen-bond acceptors (Lipinski definition) is 4.